The smallest absolute Gasteiger partial charge is 0.310 e. The van der Waals surface area contributed by atoms with Crippen molar-refractivity contribution in [1.29, 1.82) is 0 Å². The van der Waals surface area contributed by atoms with Crippen LogP contribution in [-0.4, -0.2) is 4.98 Å². The molecule has 0 radical (unpaired) electrons. The Hall–Kier alpha value is -1.35. The highest BCUT2D eigenvalue weighted by atomic mass is 79.9. The molecule has 0 atom stereocenters. The minimum Gasteiger partial charge on any atom is -0.339 e. The molecular formula is C11H8BrF5N2S. The highest BCUT2D eigenvalue weighted by Crippen LogP contribution is 3.02. The van der Waals surface area contributed by atoms with E-state index in [0.29, 0.717) is 22.4 Å². The molecule has 1 heterocycles. The molecule has 2 nitrogen and oxygen atoms in total. The van der Waals surface area contributed by atoms with Crippen LogP contribution in [0.3, 0.4) is 0 Å². The number of aromatic nitrogens is 1. The SMILES string of the molecule is FS(F)(F)(F)(F)c1ccc(Nc2ncccc2Br)cc1. The van der Waals surface area contributed by atoms with Gasteiger partial charge < -0.3 is 5.32 Å². The van der Waals surface area contributed by atoms with Gasteiger partial charge in [0.25, 0.3) is 0 Å². The number of anilines is 2. The van der Waals surface area contributed by atoms with Gasteiger partial charge in [-0.2, -0.15) is 0 Å². The Morgan fingerprint density at radius 2 is 1.55 bits per heavy atom. The largest absolute Gasteiger partial charge is 0.339 e. The molecule has 0 aliphatic carbocycles. The third-order valence-corrected chi connectivity index (χ3v) is 4.12. The van der Waals surface area contributed by atoms with Gasteiger partial charge in [0.2, 0.25) is 0 Å². The van der Waals surface area contributed by atoms with Crippen LogP contribution in [0.2, 0.25) is 0 Å². The molecule has 0 spiro atoms. The summed E-state index contributed by atoms with van der Waals surface area (Å²) in [6.45, 7) is 0. The molecule has 20 heavy (non-hydrogen) atoms. The first-order valence-corrected chi connectivity index (χ1v) is 7.92. The average Bonchev–Trinajstić information content (AvgIpc) is 2.30. The van der Waals surface area contributed by atoms with Crippen molar-refractivity contribution in [2.45, 2.75) is 4.90 Å². The second kappa shape index (κ2) is 4.08. The number of pyridine rings is 1. The maximum atomic E-state index is 12.5. The van der Waals surface area contributed by atoms with Crippen LogP contribution in [0.5, 0.6) is 0 Å². The van der Waals surface area contributed by atoms with E-state index < -0.39 is 15.1 Å². The summed E-state index contributed by atoms with van der Waals surface area (Å²) in [6.07, 6.45) is 1.48. The van der Waals surface area contributed by atoms with Crippen LogP contribution in [0.15, 0.2) is 52.0 Å². The van der Waals surface area contributed by atoms with Crippen LogP contribution in [0.1, 0.15) is 0 Å². The van der Waals surface area contributed by atoms with Gasteiger partial charge in [-0.05, 0) is 52.3 Å². The molecule has 0 saturated carbocycles. The zero-order valence-electron chi connectivity index (χ0n) is 9.66. The standard InChI is InChI=1S/C11H8BrF5N2S/c12-10-2-1-7-18-11(10)19-8-3-5-9(6-4-8)20(13,14,15,16)17/h1-7H,(H,18,19). The number of hydrogen-bond acceptors (Lipinski definition) is 2. The van der Waals surface area contributed by atoms with E-state index >= 15 is 0 Å². The molecule has 0 saturated heterocycles. The van der Waals surface area contributed by atoms with Crippen LogP contribution in [0.25, 0.3) is 0 Å². The summed E-state index contributed by atoms with van der Waals surface area (Å²) < 4.78 is 63.2. The van der Waals surface area contributed by atoms with Gasteiger partial charge in [-0.3, -0.25) is 0 Å². The lowest BCUT2D eigenvalue weighted by Gasteiger charge is -2.40. The number of halogens is 6. The first-order valence-electron chi connectivity index (χ1n) is 5.17. The molecule has 0 unspecified atom stereocenters. The van der Waals surface area contributed by atoms with Crippen LogP contribution in [0, 0.1) is 0 Å². The molecule has 1 N–H and O–H groups in total. The summed E-state index contributed by atoms with van der Waals surface area (Å²) in [5.41, 5.74) is 0.218. The maximum Gasteiger partial charge on any atom is 0.310 e. The number of hydrogen-bond donors (Lipinski definition) is 1. The molecule has 0 aliphatic rings. The molecule has 0 fully saturated rings. The van der Waals surface area contributed by atoms with E-state index in [1.54, 1.807) is 12.1 Å². The summed E-state index contributed by atoms with van der Waals surface area (Å²) in [5, 5.41) is 2.72. The van der Waals surface area contributed by atoms with Crippen LogP contribution >= 0.6 is 26.2 Å². The van der Waals surface area contributed by atoms with Gasteiger partial charge in [0.15, 0.2) is 0 Å². The molecule has 0 aliphatic heterocycles. The van der Waals surface area contributed by atoms with Crippen molar-refractivity contribution in [3.05, 3.63) is 47.1 Å². The fourth-order valence-electron chi connectivity index (χ4n) is 1.41. The molecule has 2 rings (SSSR count). The fraction of sp³-hybridized carbons (Fsp3) is 0. The van der Waals surface area contributed by atoms with E-state index in [9.17, 15) is 19.4 Å². The molecule has 110 valence electrons. The van der Waals surface area contributed by atoms with Crippen molar-refractivity contribution in [3.63, 3.8) is 0 Å². The zero-order chi connectivity index (χ0) is 15.1. The van der Waals surface area contributed by atoms with Gasteiger partial charge in [0.1, 0.15) is 10.7 Å². The number of benzene rings is 1. The second-order valence-corrected chi connectivity index (χ2v) is 7.22. The molecule has 1 aromatic carbocycles. The predicted molar refractivity (Wildman–Crippen MR) is 73.1 cm³/mol. The number of rotatable bonds is 3. The Labute approximate surface area is 119 Å². The lowest BCUT2D eigenvalue weighted by molar-refractivity contribution is 0.364. The monoisotopic (exact) mass is 374 g/mol. The van der Waals surface area contributed by atoms with E-state index in [1.165, 1.54) is 6.20 Å². The van der Waals surface area contributed by atoms with Crippen molar-refractivity contribution in [1.82, 2.24) is 4.98 Å². The molecule has 9 heteroatoms. The normalized spacial score (nSPS) is 15.3. The number of nitrogens with one attached hydrogen (secondary N) is 1. The highest BCUT2D eigenvalue weighted by Gasteiger charge is 2.65. The Kier molecular flexibility index (Phi) is 3.07. The minimum absolute atomic E-state index is 0.218. The topological polar surface area (TPSA) is 24.9 Å². The number of nitrogens with zero attached hydrogens (tertiary/aromatic N) is 1. The highest BCUT2D eigenvalue weighted by molar-refractivity contribution is 9.10. The van der Waals surface area contributed by atoms with Crippen molar-refractivity contribution in [3.8, 4) is 0 Å². The summed E-state index contributed by atoms with van der Waals surface area (Å²) in [4.78, 5) is 2.03. The second-order valence-electron chi connectivity index (χ2n) is 3.95. The zero-order valence-corrected chi connectivity index (χ0v) is 12.1. The molecule has 1 aromatic heterocycles. The average molecular weight is 375 g/mol. The predicted octanol–water partition coefficient (Wildman–Crippen LogP) is 6.25. The first kappa shape index (κ1) is 15.0. The molecule has 0 amide bonds. The third-order valence-electron chi connectivity index (χ3n) is 2.32. The van der Waals surface area contributed by atoms with Crippen molar-refractivity contribution in [2.24, 2.45) is 0 Å². The van der Waals surface area contributed by atoms with Gasteiger partial charge in [0.05, 0.1) is 4.47 Å². The van der Waals surface area contributed by atoms with Crippen molar-refractivity contribution < 1.29 is 19.4 Å². The van der Waals surface area contributed by atoms with Gasteiger partial charge in [-0.1, -0.05) is 19.4 Å². The maximum absolute atomic E-state index is 12.5. The minimum atomic E-state index is -9.62. The quantitative estimate of drug-likeness (QED) is 0.642. The van der Waals surface area contributed by atoms with Gasteiger partial charge in [-0.25, -0.2) is 4.98 Å². The Bertz CT molecular complexity index is 642. The van der Waals surface area contributed by atoms with Gasteiger partial charge in [-0.15, -0.1) is 0 Å². The van der Waals surface area contributed by atoms with E-state index in [1.807, 2.05) is 0 Å². The van der Waals surface area contributed by atoms with Gasteiger partial charge >= 0.3 is 10.2 Å². The summed E-state index contributed by atoms with van der Waals surface area (Å²) in [5.74, 6) is 0.368. The third kappa shape index (κ3) is 3.60. The molecular weight excluding hydrogens is 367 g/mol. The fourth-order valence-corrected chi connectivity index (χ4v) is 2.41. The van der Waals surface area contributed by atoms with Crippen LogP contribution in [0.4, 0.5) is 30.9 Å². The van der Waals surface area contributed by atoms with Gasteiger partial charge in [0, 0.05) is 11.9 Å². The van der Waals surface area contributed by atoms with E-state index in [0.717, 1.165) is 12.1 Å². The Morgan fingerprint density at radius 3 is 2.05 bits per heavy atom. The van der Waals surface area contributed by atoms with E-state index in [-0.39, 0.29) is 5.69 Å². The lowest BCUT2D eigenvalue weighted by Crippen LogP contribution is -2.05. The summed E-state index contributed by atoms with van der Waals surface area (Å²) in [7, 11) is -9.62. The van der Waals surface area contributed by atoms with Crippen molar-refractivity contribution in [2.75, 3.05) is 5.32 Å². The Balaban J connectivity index is 2.29. The Morgan fingerprint density at radius 1 is 0.950 bits per heavy atom. The van der Waals surface area contributed by atoms with Crippen molar-refractivity contribution >= 4 is 37.7 Å². The molecule has 0 bridgehead atoms. The summed E-state index contributed by atoms with van der Waals surface area (Å²) in [6, 6.07) is 5.88. The first-order chi connectivity index (χ1) is 8.95. The van der Waals surface area contributed by atoms with E-state index in [2.05, 4.69) is 26.2 Å². The summed E-state index contributed by atoms with van der Waals surface area (Å²) >= 11 is 3.20. The lowest BCUT2D eigenvalue weighted by atomic mass is 10.3. The van der Waals surface area contributed by atoms with Crippen LogP contribution < -0.4 is 5.32 Å². The van der Waals surface area contributed by atoms with Crippen LogP contribution in [-0.2, 0) is 0 Å². The molecule has 2 aromatic rings. The van der Waals surface area contributed by atoms with E-state index in [4.69, 9.17) is 0 Å².